The van der Waals surface area contributed by atoms with E-state index in [-0.39, 0.29) is 0 Å². The molecule has 0 fully saturated rings. The van der Waals surface area contributed by atoms with Crippen LogP contribution in [0.4, 0.5) is 0 Å². The van der Waals surface area contributed by atoms with Crippen LogP contribution in [0, 0.1) is 6.92 Å². The summed E-state index contributed by atoms with van der Waals surface area (Å²) in [6, 6.07) is 0. The maximum atomic E-state index is 10.5. The van der Waals surface area contributed by atoms with Gasteiger partial charge >= 0.3 is 0 Å². The number of hydrogen-bond donors (Lipinski definition) is 0. The fourth-order valence-electron chi connectivity index (χ4n) is 0.957. The van der Waals surface area contributed by atoms with Crippen molar-refractivity contribution in [2.24, 2.45) is 0 Å². The molecule has 0 aromatic carbocycles. The second-order valence-corrected chi connectivity index (χ2v) is 3.99. The predicted octanol–water partition coefficient (Wildman–Crippen LogP) is 2.39. The van der Waals surface area contributed by atoms with Gasteiger partial charge in [0.1, 0.15) is 0 Å². The van der Waals surface area contributed by atoms with Gasteiger partial charge in [-0.15, -0.1) is 11.3 Å². The number of hydrogen-bond acceptors (Lipinski definition) is 3. The first kappa shape index (κ1) is 8.40. The Kier molecular flexibility index (Phi) is 2.39. The monoisotopic (exact) mass is 169 g/mol. The second kappa shape index (κ2) is 3.13. The molecule has 0 amide bonds. The molecule has 0 unspecified atom stereocenters. The average molecular weight is 169 g/mol. The molecule has 1 aromatic rings. The highest BCUT2D eigenvalue weighted by Crippen LogP contribution is 2.22. The highest BCUT2D eigenvalue weighted by Gasteiger charge is 2.10. The third-order valence-electron chi connectivity index (χ3n) is 1.44. The summed E-state index contributed by atoms with van der Waals surface area (Å²) in [4.78, 5) is 15.6. The number of nitrogens with zero attached hydrogens (tertiary/aromatic N) is 1. The lowest BCUT2D eigenvalue weighted by molar-refractivity contribution is 0.112. The van der Waals surface area contributed by atoms with Crippen molar-refractivity contribution in [3.8, 4) is 0 Å². The van der Waals surface area contributed by atoms with Gasteiger partial charge in [0, 0.05) is 0 Å². The molecule has 11 heavy (non-hydrogen) atoms. The normalized spacial score (nSPS) is 10.5. The molecule has 0 spiro atoms. The average Bonchev–Trinajstić information content (AvgIpc) is 2.30. The van der Waals surface area contributed by atoms with Crippen LogP contribution >= 0.6 is 11.3 Å². The van der Waals surface area contributed by atoms with Gasteiger partial charge in [0.15, 0.2) is 6.29 Å². The van der Waals surface area contributed by atoms with Crippen LogP contribution in [0.1, 0.15) is 40.1 Å². The summed E-state index contributed by atoms with van der Waals surface area (Å²) in [7, 11) is 0. The zero-order chi connectivity index (χ0) is 8.43. The van der Waals surface area contributed by atoms with E-state index in [1.807, 2.05) is 20.8 Å². The van der Waals surface area contributed by atoms with Gasteiger partial charge in [-0.05, 0) is 12.8 Å². The minimum atomic E-state index is 0.347. The maximum absolute atomic E-state index is 10.5. The van der Waals surface area contributed by atoms with Gasteiger partial charge in [0.2, 0.25) is 0 Å². The summed E-state index contributed by atoms with van der Waals surface area (Å²) in [5.74, 6) is 0.347. The lowest BCUT2D eigenvalue weighted by atomic mass is 10.1. The molecule has 2 nitrogen and oxygen atoms in total. The molecule has 60 valence electrons. The number of aldehydes is 1. The maximum Gasteiger partial charge on any atom is 0.161 e. The van der Waals surface area contributed by atoms with Crippen LogP contribution in [-0.2, 0) is 0 Å². The first-order valence-electron chi connectivity index (χ1n) is 3.57. The molecular weight excluding hydrogens is 158 g/mol. The fourth-order valence-corrected chi connectivity index (χ4v) is 1.85. The van der Waals surface area contributed by atoms with E-state index in [0.717, 1.165) is 21.9 Å². The molecule has 0 aliphatic rings. The SMILES string of the molecule is Cc1nc(C(C)C)c(C=O)s1. The Bertz CT molecular complexity index is 265. The third-order valence-corrected chi connectivity index (χ3v) is 2.35. The summed E-state index contributed by atoms with van der Waals surface area (Å²) in [6.07, 6.45) is 0.889. The zero-order valence-electron chi connectivity index (χ0n) is 6.92. The quantitative estimate of drug-likeness (QED) is 0.636. The van der Waals surface area contributed by atoms with Gasteiger partial charge in [-0.1, -0.05) is 13.8 Å². The second-order valence-electron chi connectivity index (χ2n) is 2.75. The van der Waals surface area contributed by atoms with E-state index in [4.69, 9.17) is 0 Å². The van der Waals surface area contributed by atoms with Crippen molar-refractivity contribution in [3.05, 3.63) is 15.6 Å². The van der Waals surface area contributed by atoms with Crippen molar-refractivity contribution in [2.45, 2.75) is 26.7 Å². The van der Waals surface area contributed by atoms with Crippen molar-refractivity contribution in [2.75, 3.05) is 0 Å². The Labute approximate surface area is 70.3 Å². The minimum absolute atomic E-state index is 0.347. The van der Waals surface area contributed by atoms with Crippen molar-refractivity contribution >= 4 is 17.6 Å². The van der Waals surface area contributed by atoms with E-state index in [0.29, 0.717) is 5.92 Å². The lowest BCUT2D eigenvalue weighted by Crippen LogP contribution is -1.91. The van der Waals surface area contributed by atoms with E-state index in [1.54, 1.807) is 0 Å². The molecule has 0 atom stereocenters. The Balaban J connectivity index is 3.11. The molecule has 0 radical (unpaired) electrons. The van der Waals surface area contributed by atoms with E-state index >= 15 is 0 Å². The Hall–Kier alpha value is -0.700. The minimum Gasteiger partial charge on any atom is -0.297 e. The van der Waals surface area contributed by atoms with Crippen LogP contribution < -0.4 is 0 Å². The number of aryl methyl sites for hydroxylation is 1. The largest absolute Gasteiger partial charge is 0.297 e. The summed E-state index contributed by atoms with van der Waals surface area (Å²) in [5, 5.41) is 0.968. The summed E-state index contributed by atoms with van der Waals surface area (Å²) < 4.78 is 0. The lowest BCUT2D eigenvalue weighted by Gasteiger charge is -1.98. The van der Waals surface area contributed by atoms with Crippen LogP contribution in [0.15, 0.2) is 0 Å². The molecule has 0 saturated carbocycles. The molecule has 0 saturated heterocycles. The third kappa shape index (κ3) is 1.66. The highest BCUT2D eigenvalue weighted by molar-refractivity contribution is 7.13. The molecule has 1 rings (SSSR count). The van der Waals surface area contributed by atoms with Crippen molar-refractivity contribution in [1.29, 1.82) is 0 Å². The van der Waals surface area contributed by atoms with Gasteiger partial charge in [0.05, 0.1) is 15.6 Å². The molecule has 1 heterocycles. The van der Waals surface area contributed by atoms with E-state index in [2.05, 4.69) is 4.98 Å². The summed E-state index contributed by atoms with van der Waals surface area (Å²) >= 11 is 1.46. The Morgan fingerprint density at radius 2 is 2.18 bits per heavy atom. The van der Waals surface area contributed by atoms with Crippen molar-refractivity contribution in [3.63, 3.8) is 0 Å². The van der Waals surface area contributed by atoms with Gasteiger partial charge in [-0.25, -0.2) is 4.98 Å². The Morgan fingerprint density at radius 1 is 1.55 bits per heavy atom. The molecule has 3 heteroatoms. The van der Waals surface area contributed by atoms with E-state index < -0.39 is 0 Å². The van der Waals surface area contributed by atoms with Gasteiger partial charge in [-0.3, -0.25) is 4.79 Å². The van der Waals surface area contributed by atoms with Crippen molar-refractivity contribution < 1.29 is 4.79 Å². The number of carbonyl (C=O) groups is 1. The fraction of sp³-hybridized carbons (Fsp3) is 0.500. The van der Waals surface area contributed by atoms with Gasteiger partial charge in [0.25, 0.3) is 0 Å². The molecule has 0 aliphatic heterocycles. The first-order valence-corrected chi connectivity index (χ1v) is 4.39. The standard InChI is InChI=1S/C8H11NOS/c1-5(2)8-7(4-10)11-6(3)9-8/h4-5H,1-3H3. The van der Waals surface area contributed by atoms with Gasteiger partial charge < -0.3 is 0 Å². The molecular formula is C8H11NOS. The smallest absolute Gasteiger partial charge is 0.161 e. The summed E-state index contributed by atoms with van der Waals surface area (Å²) in [6.45, 7) is 6.01. The van der Waals surface area contributed by atoms with Crippen LogP contribution in [0.25, 0.3) is 0 Å². The molecule has 0 aliphatic carbocycles. The van der Waals surface area contributed by atoms with Crippen LogP contribution in [0.5, 0.6) is 0 Å². The topological polar surface area (TPSA) is 30.0 Å². The van der Waals surface area contributed by atoms with Crippen molar-refractivity contribution in [1.82, 2.24) is 4.98 Å². The predicted molar refractivity (Wildman–Crippen MR) is 46.3 cm³/mol. The first-order chi connectivity index (χ1) is 5.15. The van der Waals surface area contributed by atoms with Gasteiger partial charge in [-0.2, -0.15) is 0 Å². The number of rotatable bonds is 2. The molecule has 0 N–H and O–H groups in total. The highest BCUT2D eigenvalue weighted by atomic mass is 32.1. The van der Waals surface area contributed by atoms with Crippen LogP contribution in [-0.4, -0.2) is 11.3 Å². The van der Waals surface area contributed by atoms with E-state index in [1.165, 1.54) is 11.3 Å². The number of thiazole rings is 1. The van der Waals surface area contributed by atoms with E-state index in [9.17, 15) is 4.79 Å². The Morgan fingerprint density at radius 3 is 2.55 bits per heavy atom. The van der Waals surface area contributed by atoms with Crippen LogP contribution in [0.2, 0.25) is 0 Å². The molecule has 0 bridgehead atoms. The molecule has 1 aromatic heterocycles. The number of aromatic nitrogens is 1. The zero-order valence-corrected chi connectivity index (χ0v) is 7.73. The summed E-state index contributed by atoms with van der Waals surface area (Å²) in [5.41, 5.74) is 0.933. The number of carbonyl (C=O) groups excluding carboxylic acids is 1. The van der Waals surface area contributed by atoms with Crippen LogP contribution in [0.3, 0.4) is 0 Å².